The molecule has 26 heavy (non-hydrogen) atoms. The van der Waals surface area contributed by atoms with Crippen LogP contribution in [0.25, 0.3) is 11.1 Å². The lowest BCUT2D eigenvalue weighted by atomic mass is 9.79. The quantitative estimate of drug-likeness (QED) is 0.888. The minimum Gasteiger partial charge on any atom is -0.408 e. The van der Waals surface area contributed by atoms with Gasteiger partial charge in [-0.1, -0.05) is 12.1 Å². The second kappa shape index (κ2) is 8.27. The summed E-state index contributed by atoms with van der Waals surface area (Å²) in [4.78, 5) is 26.6. The molecule has 3 heterocycles. The topological polar surface area (TPSA) is 67.5 Å². The average Bonchev–Trinajstić information content (AvgIpc) is 2.98. The second-order valence-corrected chi connectivity index (χ2v) is 7.23. The van der Waals surface area contributed by atoms with Crippen LogP contribution in [0, 0.1) is 11.8 Å². The number of rotatable bonds is 3. The van der Waals surface area contributed by atoms with Crippen LogP contribution in [0.15, 0.2) is 33.5 Å². The molecular weight excluding hydrogens is 354 g/mol. The maximum atomic E-state index is 12.7. The summed E-state index contributed by atoms with van der Waals surface area (Å²) in [5.41, 5.74) is 1.22. The normalized spacial score (nSPS) is 19.5. The van der Waals surface area contributed by atoms with Gasteiger partial charge in [0.25, 0.3) is 0 Å². The Hall–Kier alpha value is -1.79. The third-order valence-electron chi connectivity index (χ3n) is 5.81. The largest absolute Gasteiger partial charge is 0.420 e. The van der Waals surface area contributed by atoms with E-state index in [1.807, 2.05) is 23.1 Å². The van der Waals surface area contributed by atoms with Crippen LogP contribution in [0.5, 0.6) is 0 Å². The van der Waals surface area contributed by atoms with Crippen molar-refractivity contribution in [3.8, 4) is 0 Å². The summed E-state index contributed by atoms with van der Waals surface area (Å²) in [7, 11) is 0. The number of carbonyl (C=O) groups excluding carboxylic acids is 1. The Morgan fingerprint density at radius 2 is 1.73 bits per heavy atom. The Morgan fingerprint density at radius 1 is 1.08 bits per heavy atom. The van der Waals surface area contributed by atoms with Crippen molar-refractivity contribution in [2.75, 3.05) is 26.2 Å². The lowest BCUT2D eigenvalue weighted by molar-refractivity contribution is -0.133. The molecule has 2 aliphatic rings. The molecule has 1 N–H and O–H groups in total. The van der Waals surface area contributed by atoms with Gasteiger partial charge in [-0.05, 0) is 62.7 Å². The highest BCUT2D eigenvalue weighted by Gasteiger charge is 2.29. The molecular formula is C19H26ClN3O3. The van der Waals surface area contributed by atoms with E-state index in [1.165, 1.54) is 17.4 Å². The van der Waals surface area contributed by atoms with Gasteiger partial charge in [0, 0.05) is 13.1 Å². The van der Waals surface area contributed by atoms with E-state index in [2.05, 4.69) is 5.32 Å². The monoisotopic (exact) mass is 379 g/mol. The smallest absolute Gasteiger partial charge is 0.408 e. The third-order valence-corrected chi connectivity index (χ3v) is 5.81. The fourth-order valence-electron chi connectivity index (χ4n) is 4.33. The van der Waals surface area contributed by atoms with Crippen LogP contribution < -0.4 is 11.1 Å². The molecule has 0 atom stereocenters. The van der Waals surface area contributed by atoms with Crippen molar-refractivity contribution in [1.82, 2.24) is 14.8 Å². The van der Waals surface area contributed by atoms with E-state index >= 15 is 0 Å². The van der Waals surface area contributed by atoms with Gasteiger partial charge in [0.05, 0.1) is 5.52 Å². The predicted octanol–water partition coefficient (Wildman–Crippen LogP) is 2.25. The van der Waals surface area contributed by atoms with Crippen molar-refractivity contribution in [3.63, 3.8) is 0 Å². The van der Waals surface area contributed by atoms with Gasteiger partial charge >= 0.3 is 5.76 Å². The fraction of sp³-hybridized carbons (Fsp3) is 0.579. The zero-order valence-corrected chi connectivity index (χ0v) is 15.7. The van der Waals surface area contributed by atoms with Gasteiger partial charge in [0.15, 0.2) is 5.58 Å². The van der Waals surface area contributed by atoms with Crippen LogP contribution in [-0.4, -0.2) is 41.6 Å². The summed E-state index contributed by atoms with van der Waals surface area (Å²) >= 11 is 0. The maximum absolute atomic E-state index is 12.7. The average molecular weight is 380 g/mol. The molecule has 2 saturated heterocycles. The first kappa shape index (κ1) is 19.0. The molecule has 1 aromatic carbocycles. The van der Waals surface area contributed by atoms with Crippen LogP contribution in [-0.2, 0) is 11.3 Å². The highest BCUT2D eigenvalue weighted by atomic mass is 35.5. The van der Waals surface area contributed by atoms with E-state index < -0.39 is 5.76 Å². The summed E-state index contributed by atoms with van der Waals surface area (Å²) in [6, 6.07) is 7.24. The molecule has 142 valence electrons. The Morgan fingerprint density at radius 3 is 2.46 bits per heavy atom. The maximum Gasteiger partial charge on any atom is 0.420 e. The number of aromatic nitrogens is 1. The van der Waals surface area contributed by atoms with Gasteiger partial charge in [0.1, 0.15) is 6.54 Å². The van der Waals surface area contributed by atoms with Crippen LogP contribution in [0.4, 0.5) is 0 Å². The number of carbonyl (C=O) groups is 1. The molecule has 2 aromatic rings. The number of oxazole rings is 1. The van der Waals surface area contributed by atoms with E-state index in [-0.39, 0.29) is 24.9 Å². The predicted molar refractivity (Wildman–Crippen MR) is 103 cm³/mol. The molecule has 4 rings (SSSR count). The number of piperidine rings is 2. The Kier molecular flexibility index (Phi) is 6.04. The number of nitrogens with zero attached hydrogens (tertiary/aromatic N) is 2. The van der Waals surface area contributed by atoms with Crippen LogP contribution in [0.1, 0.15) is 25.7 Å². The van der Waals surface area contributed by atoms with Crippen molar-refractivity contribution in [3.05, 3.63) is 34.8 Å². The minimum atomic E-state index is -0.459. The van der Waals surface area contributed by atoms with Crippen molar-refractivity contribution in [1.29, 1.82) is 0 Å². The fourth-order valence-corrected chi connectivity index (χ4v) is 4.33. The standard InChI is InChI=1S/C19H25N3O3.ClH/c23-18(13-22-16-3-1-2-4-17(16)25-19(22)24)21-11-7-15(8-12-21)14-5-9-20-10-6-14;/h1-4,14-15,20H,5-13H2;1H. The van der Waals surface area contributed by atoms with E-state index in [0.717, 1.165) is 50.9 Å². The van der Waals surface area contributed by atoms with Gasteiger partial charge in [-0.3, -0.25) is 9.36 Å². The van der Waals surface area contributed by atoms with E-state index in [9.17, 15) is 9.59 Å². The number of hydrogen-bond donors (Lipinski definition) is 1. The molecule has 1 aromatic heterocycles. The summed E-state index contributed by atoms with van der Waals surface area (Å²) < 4.78 is 6.66. The van der Waals surface area contributed by atoms with Gasteiger partial charge in [0.2, 0.25) is 5.91 Å². The van der Waals surface area contributed by atoms with E-state index in [4.69, 9.17) is 4.42 Å². The molecule has 0 aliphatic carbocycles. The number of halogens is 1. The van der Waals surface area contributed by atoms with Crippen LogP contribution in [0.2, 0.25) is 0 Å². The number of amides is 1. The molecule has 0 spiro atoms. The molecule has 6 nitrogen and oxygen atoms in total. The first-order valence-electron chi connectivity index (χ1n) is 9.29. The van der Waals surface area contributed by atoms with Gasteiger partial charge in [-0.25, -0.2) is 4.79 Å². The number of nitrogens with one attached hydrogen (secondary N) is 1. The van der Waals surface area contributed by atoms with E-state index in [1.54, 1.807) is 6.07 Å². The molecule has 0 unspecified atom stereocenters. The SMILES string of the molecule is Cl.O=C(Cn1c(=O)oc2ccccc21)N1CCC(C2CCNCC2)CC1. The number of hydrogen-bond acceptors (Lipinski definition) is 4. The molecule has 1 amide bonds. The van der Waals surface area contributed by atoms with Crippen molar-refractivity contribution in [2.24, 2.45) is 11.8 Å². The Bertz CT molecular complexity index is 802. The van der Waals surface area contributed by atoms with Gasteiger partial charge < -0.3 is 14.6 Å². The number of para-hydroxylation sites is 2. The summed E-state index contributed by atoms with van der Waals surface area (Å²) in [6.45, 7) is 3.92. The summed E-state index contributed by atoms with van der Waals surface area (Å²) in [5.74, 6) is 1.10. The van der Waals surface area contributed by atoms with E-state index in [0.29, 0.717) is 11.1 Å². The summed E-state index contributed by atoms with van der Waals surface area (Å²) in [6.07, 6.45) is 4.68. The molecule has 0 saturated carbocycles. The zero-order valence-electron chi connectivity index (χ0n) is 14.9. The molecule has 0 bridgehead atoms. The second-order valence-electron chi connectivity index (χ2n) is 7.23. The first-order chi connectivity index (χ1) is 12.2. The lowest BCUT2D eigenvalue weighted by Gasteiger charge is -2.37. The van der Waals surface area contributed by atoms with Crippen molar-refractivity contribution >= 4 is 29.4 Å². The van der Waals surface area contributed by atoms with Crippen molar-refractivity contribution < 1.29 is 9.21 Å². The highest BCUT2D eigenvalue weighted by Crippen LogP contribution is 2.30. The molecule has 2 fully saturated rings. The first-order valence-corrected chi connectivity index (χ1v) is 9.29. The molecule has 2 aliphatic heterocycles. The summed E-state index contributed by atoms with van der Waals surface area (Å²) in [5, 5.41) is 3.42. The van der Waals surface area contributed by atoms with Gasteiger partial charge in [-0.2, -0.15) is 0 Å². The highest BCUT2D eigenvalue weighted by molar-refractivity contribution is 5.85. The van der Waals surface area contributed by atoms with Crippen molar-refractivity contribution in [2.45, 2.75) is 32.2 Å². The Balaban J connectivity index is 0.00000196. The number of fused-ring (bicyclic) bond motifs is 1. The zero-order chi connectivity index (χ0) is 17.2. The van der Waals surface area contributed by atoms with Crippen LogP contribution in [0.3, 0.4) is 0 Å². The molecule has 0 radical (unpaired) electrons. The number of likely N-dealkylation sites (tertiary alicyclic amines) is 1. The third kappa shape index (κ3) is 3.81. The van der Waals surface area contributed by atoms with Crippen LogP contribution >= 0.6 is 12.4 Å². The number of benzene rings is 1. The molecule has 7 heteroatoms. The van der Waals surface area contributed by atoms with Gasteiger partial charge in [-0.15, -0.1) is 12.4 Å². The lowest BCUT2D eigenvalue weighted by Crippen LogP contribution is -2.43. The Labute approximate surface area is 158 Å². The minimum absolute atomic E-state index is 0.